The number of anilines is 1. The van der Waals surface area contributed by atoms with Gasteiger partial charge in [0.2, 0.25) is 0 Å². The maximum absolute atomic E-state index is 13.6. The normalized spacial score (nSPS) is 24.6. The highest BCUT2D eigenvalue weighted by Crippen LogP contribution is 2.20. The molecule has 2 amide bonds. The van der Waals surface area contributed by atoms with Gasteiger partial charge in [-0.15, -0.1) is 0 Å². The van der Waals surface area contributed by atoms with Crippen molar-refractivity contribution < 1.29 is 17.6 Å². The number of hydrogen-bond acceptors (Lipinski definition) is 4. The summed E-state index contributed by atoms with van der Waals surface area (Å²) in [4.78, 5) is 16.0. The van der Waals surface area contributed by atoms with Crippen molar-refractivity contribution in [2.75, 3.05) is 43.0 Å². The summed E-state index contributed by atoms with van der Waals surface area (Å²) in [6.45, 7) is 2.31. The predicted molar refractivity (Wildman–Crippen MR) is 85.6 cm³/mol. The number of para-hydroxylation sites is 1. The highest BCUT2D eigenvalue weighted by molar-refractivity contribution is 7.91. The van der Waals surface area contributed by atoms with Crippen molar-refractivity contribution >= 4 is 21.6 Å². The van der Waals surface area contributed by atoms with E-state index >= 15 is 0 Å². The number of hydrogen-bond donors (Lipinski definition) is 1. The van der Waals surface area contributed by atoms with Crippen LogP contribution in [0.5, 0.6) is 0 Å². The lowest BCUT2D eigenvalue weighted by molar-refractivity contribution is 0.121. The zero-order valence-corrected chi connectivity index (χ0v) is 13.6. The number of benzene rings is 1. The standard InChI is InChI=1S/C15H20FN3O3S/c16-13-3-1-2-4-14(13)17-15(20)19-8-6-18(7-9-19)12-5-10-23(21,22)11-12/h1-4,12H,5-11H2,(H,17,20)/t12-/m1/s1. The summed E-state index contributed by atoms with van der Waals surface area (Å²) < 4.78 is 36.7. The van der Waals surface area contributed by atoms with Gasteiger partial charge in [-0.3, -0.25) is 4.90 Å². The van der Waals surface area contributed by atoms with Gasteiger partial charge in [0.25, 0.3) is 0 Å². The lowest BCUT2D eigenvalue weighted by atomic mass is 10.2. The SMILES string of the molecule is O=C(Nc1ccccc1F)N1CCN([C@@H]2CCS(=O)(=O)C2)CC1. The minimum absolute atomic E-state index is 0.0665. The molecule has 2 fully saturated rings. The van der Waals surface area contributed by atoms with Gasteiger partial charge in [0, 0.05) is 32.2 Å². The Morgan fingerprint density at radius 2 is 1.87 bits per heavy atom. The van der Waals surface area contributed by atoms with Crippen molar-refractivity contribution in [3.8, 4) is 0 Å². The van der Waals surface area contributed by atoms with Crippen LogP contribution >= 0.6 is 0 Å². The molecule has 0 bridgehead atoms. The molecule has 2 heterocycles. The van der Waals surface area contributed by atoms with E-state index in [4.69, 9.17) is 0 Å². The summed E-state index contributed by atoms with van der Waals surface area (Å²) in [5, 5.41) is 2.57. The van der Waals surface area contributed by atoms with Crippen molar-refractivity contribution in [3.05, 3.63) is 30.1 Å². The second-order valence-corrected chi connectivity index (χ2v) is 8.22. The van der Waals surface area contributed by atoms with E-state index in [1.807, 2.05) is 0 Å². The molecule has 0 saturated carbocycles. The van der Waals surface area contributed by atoms with Gasteiger partial charge >= 0.3 is 6.03 Å². The smallest absolute Gasteiger partial charge is 0.322 e. The Bertz CT molecular complexity index is 687. The van der Waals surface area contributed by atoms with Crippen LogP contribution in [0.25, 0.3) is 0 Å². The highest BCUT2D eigenvalue weighted by atomic mass is 32.2. The Balaban J connectivity index is 1.53. The second kappa shape index (κ2) is 6.45. The monoisotopic (exact) mass is 341 g/mol. The first-order valence-electron chi connectivity index (χ1n) is 7.69. The molecule has 2 aliphatic heterocycles. The molecule has 0 spiro atoms. The molecule has 1 aromatic rings. The molecule has 2 saturated heterocycles. The predicted octanol–water partition coefficient (Wildman–Crippen LogP) is 1.16. The van der Waals surface area contributed by atoms with Gasteiger partial charge in [0.05, 0.1) is 17.2 Å². The zero-order chi connectivity index (χ0) is 16.4. The Morgan fingerprint density at radius 3 is 2.48 bits per heavy atom. The Labute approximate surface area is 135 Å². The fraction of sp³-hybridized carbons (Fsp3) is 0.533. The van der Waals surface area contributed by atoms with Crippen LogP contribution in [0.2, 0.25) is 0 Å². The summed E-state index contributed by atoms with van der Waals surface area (Å²) in [6, 6.07) is 5.79. The zero-order valence-electron chi connectivity index (χ0n) is 12.7. The van der Waals surface area contributed by atoms with E-state index in [0.29, 0.717) is 32.6 Å². The van der Waals surface area contributed by atoms with E-state index in [1.165, 1.54) is 12.1 Å². The van der Waals surface area contributed by atoms with Crippen LogP contribution in [0.3, 0.4) is 0 Å². The van der Waals surface area contributed by atoms with E-state index < -0.39 is 15.7 Å². The van der Waals surface area contributed by atoms with Gasteiger partial charge in [-0.25, -0.2) is 17.6 Å². The number of carbonyl (C=O) groups excluding carboxylic acids is 1. The maximum Gasteiger partial charge on any atom is 0.322 e. The van der Waals surface area contributed by atoms with E-state index in [-0.39, 0.29) is 29.3 Å². The fourth-order valence-electron chi connectivity index (χ4n) is 3.11. The fourth-order valence-corrected chi connectivity index (χ4v) is 4.87. The van der Waals surface area contributed by atoms with Gasteiger partial charge in [0.1, 0.15) is 5.82 Å². The molecule has 23 heavy (non-hydrogen) atoms. The lowest BCUT2D eigenvalue weighted by Gasteiger charge is -2.37. The first kappa shape index (κ1) is 16.2. The van der Waals surface area contributed by atoms with E-state index in [9.17, 15) is 17.6 Å². The number of rotatable bonds is 2. The Hall–Kier alpha value is -1.67. The van der Waals surface area contributed by atoms with Gasteiger partial charge < -0.3 is 10.2 Å². The van der Waals surface area contributed by atoms with Crippen molar-refractivity contribution in [3.63, 3.8) is 0 Å². The number of carbonyl (C=O) groups is 1. The molecule has 2 aliphatic rings. The number of urea groups is 1. The van der Waals surface area contributed by atoms with E-state index in [1.54, 1.807) is 17.0 Å². The molecule has 0 radical (unpaired) electrons. The van der Waals surface area contributed by atoms with Crippen LogP contribution in [0.1, 0.15) is 6.42 Å². The largest absolute Gasteiger partial charge is 0.322 e. The molecule has 0 unspecified atom stereocenters. The third kappa shape index (κ3) is 3.81. The molecule has 1 atom stereocenters. The average molecular weight is 341 g/mol. The van der Waals surface area contributed by atoms with Gasteiger partial charge in [-0.1, -0.05) is 12.1 Å². The molecule has 1 N–H and O–H groups in total. The van der Waals surface area contributed by atoms with Gasteiger partial charge in [-0.2, -0.15) is 0 Å². The van der Waals surface area contributed by atoms with Gasteiger partial charge in [0.15, 0.2) is 9.84 Å². The molecule has 0 aliphatic carbocycles. The number of nitrogens with one attached hydrogen (secondary N) is 1. The molecule has 0 aromatic heterocycles. The average Bonchev–Trinajstić information content (AvgIpc) is 2.90. The number of sulfone groups is 1. The molecule has 8 heteroatoms. The Morgan fingerprint density at radius 1 is 1.17 bits per heavy atom. The maximum atomic E-state index is 13.6. The third-order valence-corrected chi connectivity index (χ3v) is 6.19. The first-order chi connectivity index (χ1) is 10.9. The molecule has 3 rings (SSSR count). The number of amides is 2. The van der Waals surface area contributed by atoms with Crippen LogP contribution < -0.4 is 5.32 Å². The van der Waals surface area contributed by atoms with Crippen molar-refractivity contribution in [1.29, 1.82) is 0 Å². The van der Waals surface area contributed by atoms with Crippen molar-refractivity contribution in [1.82, 2.24) is 9.80 Å². The van der Waals surface area contributed by atoms with E-state index in [0.717, 1.165) is 0 Å². The van der Waals surface area contributed by atoms with Crippen molar-refractivity contribution in [2.45, 2.75) is 12.5 Å². The van der Waals surface area contributed by atoms with Gasteiger partial charge in [-0.05, 0) is 18.6 Å². The summed E-state index contributed by atoms with van der Waals surface area (Å²) >= 11 is 0. The minimum atomic E-state index is -2.90. The highest BCUT2D eigenvalue weighted by Gasteiger charge is 2.34. The van der Waals surface area contributed by atoms with Crippen LogP contribution in [-0.2, 0) is 9.84 Å². The lowest BCUT2D eigenvalue weighted by Crippen LogP contribution is -2.53. The summed E-state index contributed by atoms with van der Waals surface area (Å²) in [5.74, 6) is 0.00993. The summed E-state index contributed by atoms with van der Waals surface area (Å²) in [7, 11) is -2.90. The molecule has 1 aromatic carbocycles. The third-order valence-electron chi connectivity index (χ3n) is 4.44. The quantitative estimate of drug-likeness (QED) is 0.876. The topological polar surface area (TPSA) is 69.7 Å². The van der Waals surface area contributed by atoms with Crippen LogP contribution in [0, 0.1) is 5.82 Å². The van der Waals surface area contributed by atoms with Crippen molar-refractivity contribution in [2.24, 2.45) is 0 Å². The molecular formula is C15H20FN3O3S. The number of halogens is 1. The number of nitrogens with zero attached hydrogens (tertiary/aromatic N) is 2. The summed E-state index contributed by atoms with van der Waals surface area (Å²) in [6.07, 6.45) is 0.670. The minimum Gasteiger partial charge on any atom is -0.322 e. The molecule has 126 valence electrons. The van der Waals surface area contributed by atoms with Crippen LogP contribution in [-0.4, -0.2) is 68.0 Å². The second-order valence-electron chi connectivity index (χ2n) is 5.99. The number of piperazine rings is 1. The van der Waals surface area contributed by atoms with Crippen LogP contribution in [0.4, 0.5) is 14.9 Å². The Kier molecular flexibility index (Phi) is 4.54. The van der Waals surface area contributed by atoms with Crippen LogP contribution in [0.15, 0.2) is 24.3 Å². The molecule has 6 nitrogen and oxygen atoms in total. The first-order valence-corrected chi connectivity index (χ1v) is 9.52. The molecular weight excluding hydrogens is 321 g/mol. The van der Waals surface area contributed by atoms with E-state index in [2.05, 4.69) is 10.2 Å². The summed E-state index contributed by atoms with van der Waals surface area (Å²) in [5.41, 5.74) is 0.168.